The second-order valence-corrected chi connectivity index (χ2v) is 9.28. The number of benzene rings is 2. The molecule has 0 saturated carbocycles. The highest BCUT2D eigenvalue weighted by atomic mass is 19.4. The molecule has 8 nitrogen and oxygen atoms in total. The fourth-order valence-electron chi connectivity index (χ4n) is 4.90. The predicted molar refractivity (Wildman–Crippen MR) is 139 cm³/mol. The van der Waals surface area contributed by atoms with E-state index >= 15 is 0 Å². The number of carbonyl (C=O) groups is 2. The number of nitrogens with zero attached hydrogens (tertiary/aromatic N) is 2. The van der Waals surface area contributed by atoms with Crippen LogP contribution in [0.2, 0.25) is 0 Å². The van der Waals surface area contributed by atoms with Crippen molar-refractivity contribution in [3.05, 3.63) is 65.2 Å². The zero-order valence-electron chi connectivity index (χ0n) is 23.3. The van der Waals surface area contributed by atoms with E-state index in [1.54, 1.807) is 6.92 Å². The van der Waals surface area contributed by atoms with Gasteiger partial charge in [-0.15, -0.1) is 6.58 Å². The van der Waals surface area contributed by atoms with Gasteiger partial charge in [0.1, 0.15) is 0 Å². The van der Waals surface area contributed by atoms with Gasteiger partial charge in [-0.2, -0.15) is 26.3 Å². The third kappa shape index (κ3) is 6.85. The van der Waals surface area contributed by atoms with Gasteiger partial charge in [0.15, 0.2) is 11.5 Å². The molecule has 0 saturated heterocycles. The molecule has 3 rings (SSSR count). The lowest BCUT2D eigenvalue weighted by Gasteiger charge is -2.43. The van der Waals surface area contributed by atoms with Crippen LogP contribution in [-0.4, -0.2) is 51.1 Å². The molecule has 2 aromatic carbocycles. The number of carbonyl (C=O) groups excluding carboxylic acids is 2. The number of amides is 2. The van der Waals surface area contributed by atoms with Gasteiger partial charge in [-0.05, 0) is 49.6 Å². The van der Waals surface area contributed by atoms with Crippen LogP contribution in [0.1, 0.15) is 48.1 Å². The Kier molecular flexibility index (Phi) is 9.90. The Hall–Kier alpha value is -4.10. The lowest BCUT2D eigenvalue weighted by molar-refractivity contribution is -0.143. The Morgan fingerprint density at radius 1 is 0.976 bits per heavy atom. The van der Waals surface area contributed by atoms with Crippen LogP contribution in [0.15, 0.2) is 43.0 Å². The molecule has 0 aromatic heterocycles. The van der Waals surface area contributed by atoms with E-state index in [9.17, 15) is 35.9 Å². The molecule has 1 heterocycles. The van der Waals surface area contributed by atoms with Crippen molar-refractivity contribution in [3.63, 3.8) is 0 Å². The van der Waals surface area contributed by atoms with Gasteiger partial charge in [0, 0.05) is 24.2 Å². The summed E-state index contributed by atoms with van der Waals surface area (Å²) >= 11 is 0. The van der Waals surface area contributed by atoms with Crippen LogP contribution in [0.5, 0.6) is 11.5 Å². The van der Waals surface area contributed by atoms with Gasteiger partial charge in [0.25, 0.3) is 0 Å². The Bertz CT molecular complexity index is 1280. The van der Waals surface area contributed by atoms with E-state index in [0.29, 0.717) is 17.7 Å². The second kappa shape index (κ2) is 12.8. The molecule has 0 bridgehead atoms. The molecule has 0 spiro atoms. The summed E-state index contributed by atoms with van der Waals surface area (Å²) in [5.41, 5.74) is -2.94. The Balaban J connectivity index is 2.26. The van der Waals surface area contributed by atoms with Gasteiger partial charge in [-0.25, -0.2) is 9.59 Å². The highest BCUT2D eigenvalue weighted by Crippen LogP contribution is 2.47. The van der Waals surface area contributed by atoms with Crippen molar-refractivity contribution >= 4 is 17.9 Å². The van der Waals surface area contributed by atoms with Crippen LogP contribution in [-0.2, 0) is 28.4 Å². The molecular formula is C28H30F6N2O6. The Morgan fingerprint density at radius 2 is 1.55 bits per heavy atom. The summed E-state index contributed by atoms with van der Waals surface area (Å²) in [5, 5.41) is 0. The molecule has 2 amide bonds. The van der Waals surface area contributed by atoms with E-state index < -0.39 is 59.9 Å². The highest BCUT2D eigenvalue weighted by molar-refractivity contribution is 5.91. The molecule has 230 valence electrons. The maximum Gasteiger partial charge on any atom is 0.416 e. The topological polar surface area (TPSA) is 77.5 Å². The molecule has 0 unspecified atom stereocenters. The molecule has 0 fully saturated rings. The fraction of sp³-hybridized carbons (Fsp3) is 0.429. The van der Waals surface area contributed by atoms with Crippen LogP contribution < -0.4 is 14.4 Å². The Morgan fingerprint density at radius 3 is 2.02 bits per heavy atom. The van der Waals surface area contributed by atoms with Crippen molar-refractivity contribution in [2.75, 3.05) is 32.8 Å². The number of methoxy groups -OCH3 is 3. The van der Waals surface area contributed by atoms with E-state index in [1.165, 1.54) is 37.3 Å². The molecule has 2 atom stereocenters. The molecule has 0 aliphatic carbocycles. The fourth-order valence-corrected chi connectivity index (χ4v) is 4.90. The minimum Gasteiger partial charge on any atom is -0.493 e. The molecule has 0 radical (unpaired) electrons. The molecule has 1 aliphatic heterocycles. The summed E-state index contributed by atoms with van der Waals surface area (Å²) in [5.74, 6) is 0.427. The number of halogens is 6. The minimum absolute atomic E-state index is 0.00745. The maximum absolute atomic E-state index is 13.6. The van der Waals surface area contributed by atoms with Crippen LogP contribution >= 0.6 is 0 Å². The normalized spacial score (nSPS) is 16.8. The number of rotatable bonds is 8. The van der Waals surface area contributed by atoms with Gasteiger partial charge in [0.05, 0.1) is 50.8 Å². The van der Waals surface area contributed by atoms with Crippen molar-refractivity contribution in [3.8, 4) is 11.5 Å². The zero-order valence-corrected chi connectivity index (χ0v) is 23.3. The monoisotopic (exact) mass is 604 g/mol. The number of fused-ring (bicyclic) bond motifs is 1. The quantitative estimate of drug-likeness (QED) is 0.232. The zero-order chi connectivity index (χ0) is 31.4. The van der Waals surface area contributed by atoms with Crippen molar-refractivity contribution in [2.24, 2.45) is 0 Å². The molecule has 1 aliphatic rings. The van der Waals surface area contributed by atoms with Gasteiger partial charge in [-0.3, -0.25) is 9.80 Å². The van der Waals surface area contributed by atoms with Crippen LogP contribution in [0.3, 0.4) is 0 Å². The number of alkyl halides is 6. The number of hydrogen-bond acceptors (Lipinski definition) is 6. The smallest absolute Gasteiger partial charge is 0.416 e. The maximum atomic E-state index is 13.6. The van der Waals surface area contributed by atoms with Gasteiger partial charge in [0.2, 0.25) is 0 Å². The van der Waals surface area contributed by atoms with Crippen molar-refractivity contribution in [2.45, 2.75) is 50.7 Å². The SMILES string of the molecule is C=CC[C@H]1C[C@@H](N(Cc2cc(C(F)(F)F)cc(C(F)(F)F)c2)C(=O)OC)c2cc(OC)c(OC)cc2N1C(=O)OCC. The summed E-state index contributed by atoms with van der Waals surface area (Å²) in [7, 11) is 3.76. The summed E-state index contributed by atoms with van der Waals surface area (Å²) in [6.45, 7) is 4.71. The number of ether oxygens (including phenoxy) is 4. The van der Waals surface area contributed by atoms with Crippen LogP contribution in [0.4, 0.5) is 41.6 Å². The lowest BCUT2D eigenvalue weighted by atomic mass is 9.88. The third-order valence-corrected chi connectivity index (χ3v) is 6.70. The average molecular weight is 605 g/mol. The first-order chi connectivity index (χ1) is 19.7. The first kappa shape index (κ1) is 32.4. The van der Waals surface area contributed by atoms with Crippen molar-refractivity contribution in [1.82, 2.24) is 4.90 Å². The minimum atomic E-state index is -5.08. The molecule has 42 heavy (non-hydrogen) atoms. The molecular weight excluding hydrogens is 574 g/mol. The van der Waals surface area contributed by atoms with E-state index in [0.717, 1.165) is 12.0 Å². The lowest BCUT2D eigenvalue weighted by Crippen LogP contribution is -2.48. The Labute approximate surface area is 238 Å². The van der Waals surface area contributed by atoms with E-state index in [2.05, 4.69) is 6.58 Å². The molecule has 14 heteroatoms. The summed E-state index contributed by atoms with van der Waals surface area (Å²) in [4.78, 5) is 28.6. The summed E-state index contributed by atoms with van der Waals surface area (Å²) < 4.78 is 102. The van der Waals surface area contributed by atoms with Crippen molar-refractivity contribution in [1.29, 1.82) is 0 Å². The number of hydrogen-bond donors (Lipinski definition) is 0. The van der Waals surface area contributed by atoms with E-state index in [4.69, 9.17) is 18.9 Å². The first-order valence-electron chi connectivity index (χ1n) is 12.7. The molecule has 0 N–H and O–H groups in total. The third-order valence-electron chi connectivity index (χ3n) is 6.70. The largest absolute Gasteiger partial charge is 0.493 e. The van der Waals surface area contributed by atoms with Gasteiger partial charge < -0.3 is 18.9 Å². The second-order valence-electron chi connectivity index (χ2n) is 9.28. The summed E-state index contributed by atoms with van der Waals surface area (Å²) in [6, 6.07) is 2.41. The number of anilines is 1. The van der Waals surface area contributed by atoms with Gasteiger partial charge >= 0.3 is 24.5 Å². The van der Waals surface area contributed by atoms with E-state index in [-0.39, 0.29) is 42.7 Å². The first-order valence-corrected chi connectivity index (χ1v) is 12.7. The van der Waals surface area contributed by atoms with Crippen LogP contribution in [0.25, 0.3) is 0 Å². The van der Waals surface area contributed by atoms with Crippen molar-refractivity contribution < 1.29 is 54.9 Å². The van der Waals surface area contributed by atoms with Gasteiger partial charge in [-0.1, -0.05) is 6.08 Å². The van der Waals surface area contributed by atoms with Crippen LogP contribution in [0, 0.1) is 0 Å². The highest BCUT2D eigenvalue weighted by Gasteiger charge is 2.42. The standard InChI is InChI=1S/C28H30F6N2O6/c1-6-8-19-12-21(20-13-23(39-3)24(40-4)14-22(20)36(19)26(38)42-7-2)35(25(37)41-5)15-16-9-17(27(29,30)31)11-18(10-16)28(32,33)34/h6,9-11,13-14,19,21H,1,7-8,12,15H2,2-5H3/t19-,21+/m0/s1. The summed E-state index contributed by atoms with van der Waals surface area (Å²) in [6.07, 6.45) is -10.1. The van der Waals surface area contributed by atoms with E-state index in [1.807, 2.05) is 0 Å². The molecule has 2 aromatic rings. The predicted octanol–water partition coefficient (Wildman–Crippen LogP) is 7.36. The average Bonchev–Trinajstić information content (AvgIpc) is 2.93.